The van der Waals surface area contributed by atoms with Crippen molar-refractivity contribution >= 4 is 40.0 Å². The first kappa shape index (κ1) is 23.1. The fraction of sp³-hybridized carbons (Fsp3) is 0.296. The van der Waals surface area contributed by atoms with Gasteiger partial charge < -0.3 is 25.4 Å². The van der Waals surface area contributed by atoms with Crippen molar-refractivity contribution in [2.24, 2.45) is 0 Å². The maximum atomic E-state index is 12.2. The normalized spacial score (nSPS) is 16.0. The van der Waals surface area contributed by atoms with Gasteiger partial charge in [0, 0.05) is 74.5 Å². The number of carbonyl (C=O) groups excluding carboxylic acids is 1. The number of amides is 1. The minimum atomic E-state index is 0.177. The van der Waals surface area contributed by atoms with Crippen molar-refractivity contribution in [3.8, 4) is 0 Å². The molecule has 0 spiro atoms. The Morgan fingerprint density at radius 3 is 2.71 bits per heavy atom. The molecule has 180 valence electrons. The molecule has 2 aliphatic rings. The van der Waals surface area contributed by atoms with Crippen LogP contribution in [0.25, 0.3) is 0 Å². The number of nitrogens with one attached hydrogen (secondary N) is 2. The van der Waals surface area contributed by atoms with Crippen LogP contribution in [0.15, 0.2) is 60.9 Å². The fourth-order valence-electron chi connectivity index (χ4n) is 4.52. The maximum absolute atomic E-state index is 12.2. The Morgan fingerprint density at radius 1 is 1.06 bits per heavy atom. The molecule has 2 aliphatic heterocycles. The second-order valence-corrected chi connectivity index (χ2v) is 10.1. The molecule has 1 fully saturated rings. The molecular weight excluding hydrogens is 456 g/mol. The number of fused-ring (bicyclic) bond motifs is 1. The van der Waals surface area contributed by atoms with Gasteiger partial charge in [-0.25, -0.2) is 4.98 Å². The number of anilines is 3. The first-order valence-corrected chi connectivity index (χ1v) is 12.7. The Balaban J connectivity index is 1.23. The molecule has 35 heavy (non-hydrogen) atoms. The number of thiazole rings is 1. The Bertz CT molecular complexity index is 1230. The first-order valence-electron chi connectivity index (χ1n) is 11.9. The number of benzene rings is 2. The van der Waals surface area contributed by atoms with Crippen LogP contribution in [0.4, 0.5) is 16.5 Å². The second-order valence-electron chi connectivity index (χ2n) is 9.01. The van der Waals surface area contributed by atoms with E-state index in [9.17, 15) is 4.79 Å². The van der Waals surface area contributed by atoms with E-state index in [1.54, 1.807) is 28.5 Å². The van der Waals surface area contributed by atoms with E-state index in [4.69, 9.17) is 10.4 Å². The van der Waals surface area contributed by atoms with Crippen molar-refractivity contribution in [3.05, 3.63) is 82.5 Å². The van der Waals surface area contributed by atoms with Crippen molar-refractivity contribution in [2.45, 2.75) is 19.4 Å². The predicted octanol–water partition coefficient (Wildman–Crippen LogP) is 4.15. The molecule has 1 saturated heterocycles. The van der Waals surface area contributed by atoms with Crippen molar-refractivity contribution < 1.29 is 4.79 Å². The minimum absolute atomic E-state index is 0.177. The van der Waals surface area contributed by atoms with Gasteiger partial charge in [-0.3, -0.25) is 4.79 Å². The summed E-state index contributed by atoms with van der Waals surface area (Å²) in [6, 6.07) is 15.0. The Morgan fingerprint density at radius 2 is 1.91 bits per heavy atom. The van der Waals surface area contributed by atoms with Crippen molar-refractivity contribution in [1.82, 2.24) is 9.88 Å². The zero-order valence-corrected chi connectivity index (χ0v) is 20.7. The third-order valence-electron chi connectivity index (χ3n) is 6.61. The molecule has 3 heterocycles. The summed E-state index contributed by atoms with van der Waals surface area (Å²) < 4.78 is 0. The highest BCUT2D eigenvalue weighted by molar-refractivity contribution is 7.15. The lowest BCUT2D eigenvalue weighted by atomic mass is 9.99. The highest BCUT2D eigenvalue weighted by Crippen LogP contribution is 2.31. The van der Waals surface area contributed by atoms with Crippen LogP contribution in [0.5, 0.6) is 0 Å². The lowest BCUT2D eigenvalue weighted by Gasteiger charge is -2.35. The Kier molecular flexibility index (Phi) is 6.81. The number of carbonyl (C=O) groups is 1. The molecule has 0 aliphatic carbocycles. The van der Waals surface area contributed by atoms with Crippen LogP contribution in [0, 0.1) is 5.41 Å². The lowest BCUT2D eigenvalue weighted by Crippen LogP contribution is -2.48. The average Bonchev–Trinajstić information content (AvgIpc) is 3.35. The number of likely N-dealkylation sites (N-methyl/N-ethyl adjacent to an activating group) is 1. The highest BCUT2D eigenvalue weighted by atomic mass is 32.1. The van der Waals surface area contributed by atoms with Gasteiger partial charge in [-0.2, -0.15) is 0 Å². The number of nitrogens with zero attached hydrogens (tertiary/aromatic N) is 4. The summed E-state index contributed by atoms with van der Waals surface area (Å²) in [5, 5.41) is 11.3. The molecule has 0 saturated carbocycles. The smallest absolute Gasteiger partial charge is 0.241 e. The summed E-state index contributed by atoms with van der Waals surface area (Å²) in [6.45, 7) is 3.91. The summed E-state index contributed by atoms with van der Waals surface area (Å²) >= 11 is 1.77. The highest BCUT2D eigenvalue weighted by Gasteiger charge is 2.24. The third-order valence-corrected chi connectivity index (χ3v) is 7.67. The van der Waals surface area contributed by atoms with Crippen LogP contribution >= 0.6 is 11.3 Å². The van der Waals surface area contributed by atoms with E-state index in [1.807, 2.05) is 13.2 Å². The van der Waals surface area contributed by atoms with Gasteiger partial charge in [-0.15, -0.1) is 11.3 Å². The summed E-state index contributed by atoms with van der Waals surface area (Å²) in [5.41, 5.74) is 6.11. The van der Waals surface area contributed by atoms with E-state index in [-0.39, 0.29) is 5.91 Å². The van der Waals surface area contributed by atoms with Gasteiger partial charge in [0.1, 0.15) is 0 Å². The average molecular weight is 487 g/mol. The van der Waals surface area contributed by atoms with Gasteiger partial charge in [-0.05, 0) is 53.5 Å². The largest absolute Gasteiger partial charge is 0.362 e. The number of rotatable bonds is 7. The summed E-state index contributed by atoms with van der Waals surface area (Å²) in [6.07, 6.45) is 8.52. The van der Waals surface area contributed by atoms with Gasteiger partial charge in [0.05, 0.1) is 6.54 Å². The Hall–Kier alpha value is -3.65. The molecule has 2 aromatic carbocycles. The van der Waals surface area contributed by atoms with Crippen molar-refractivity contribution in [2.75, 3.05) is 48.3 Å². The van der Waals surface area contributed by atoms with Crippen LogP contribution in [-0.2, 0) is 24.2 Å². The standard InChI is InChI=1S/C27H30N6OS/c1-31-13-14-32(19-26(31)34)24-8-5-21-9-12-33(18-22(21)16-24)27-30-17-25(35-27)15-20-3-6-23(7-4-20)29-11-2-10-28/h2-8,10-11,16-17,28-29H,9,12-15,18-19H2,1H3/b11-2-,28-10?. The summed E-state index contributed by atoms with van der Waals surface area (Å²) in [7, 11) is 1.87. The zero-order valence-electron chi connectivity index (χ0n) is 19.9. The van der Waals surface area contributed by atoms with E-state index < -0.39 is 0 Å². The molecule has 2 N–H and O–H groups in total. The van der Waals surface area contributed by atoms with Gasteiger partial charge in [-0.1, -0.05) is 18.2 Å². The molecule has 3 aromatic rings. The van der Waals surface area contributed by atoms with Gasteiger partial charge in [0.25, 0.3) is 0 Å². The van der Waals surface area contributed by atoms with E-state index in [2.05, 4.69) is 57.6 Å². The number of hydrogen-bond donors (Lipinski definition) is 2. The Labute approximate surface area is 210 Å². The van der Waals surface area contributed by atoms with Gasteiger partial charge in [0.2, 0.25) is 5.91 Å². The topological polar surface area (TPSA) is 75.6 Å². The van der Waals surface area contributed by atoms with Crippen molar-refractivity contribution in [1.29, 1.82) is 5.41 Å². The summed E-state index contributed by atoms with van der Waals surface area (Å²) in [5.74, 6) is 0.177. The number of piperazine rings is 1. The molecule has 0 atom stereocenters. The van der Waals surface area contributed by atoms with Crippen LogP contribution in [0.3, 0.4) is 0 Å². The molecule has 8 heteroatoms. The molecule has 0 unspecified atom stereocenters. The van der Waals surface area contributed by atoms with E-state index in [1.165, 1.54) is 27.8 Å². The van der Waals surface area contributed by atoms with E-state index in [0.29, 0.717) is 6.54 Å². The number of aromatic nitrogens is 1. The van der Waals surface area contributed by atoms with E-state index >= 15 is 0 Å². The zero-order chi connectivity index (χ0) is 24.2. The molecule has 5 rings (SSSR count). The van der Waals surface area contributed by atoms with Crippen LogP contribution in [0.2, 0.25) is 0 Å². The molecule has 0 bridgehead atoms. The molecule has 1 aromatic heterocycles. The SMILES string of the molecule is CN1CCN(c2ccc3c(c2)CN(c2ncc(Cc4ccc(N/C=C\C=N)cc4)s2)CC3)CC1=O. The minimum Gasteiger partial charge on any atom is -0.362 e. The van der Waals surface area contributed by atoms with Crippen molar-refractivity contribution in [3.63, 3.8) is 0 Å². The molecule has 7 nitrogen and oxygen atoms in total. The fourth-order valence-corrected chi connectivity index (χ4v) is 5.49. The van der Waals surface area contributed by atoms with Crippen LogP contribution in [0.1, 0.15) is 21.6 Å². The molecule has 0 radical (unpaired) electrons. The van der Waals surface area contributed by atoms with Gasteiger partial charge >= 0.3 is 0 Å². The monoisotopic (exact) mass is 486 g/mol. The maximum Gasteiger partial charge on any atom is 0.241 e. The van der Waals surface area contributed by atoms with E-state index in [0.717, 1.165) is 55.5 Å². The second kappa shape index (κ2) is 10.3. The molecule has 1 amide bonds. The summed E-state index contributed by atoms with van der Waals surface area (Å²) in [4.78, 5) is 24.5. The number of hydrogen-bond acceptors (Lipinski definition) is 7. The predicted molar refractivity (Wildman–Crippen MR) is 144 cm³/mol. The lowest BCUT2D eigenvalue weighted by molar-refractivity contribution is -0.129. The quantitative estimate of drug-likeness (QED) is 0.491. The van der Waals surface area contributed by atoms with Crippen LogP contribution in [-0.4, -0.2) is 55.2 Å². The molecular formula is C27H30N6OS. The van der Waals surface area contributed by atoms with Crippen LogP contribution < -0.4 is 15.1 Å². The number of allylic oxidation sites excluding steroid dienone is 1. The van der Waals surface area contributed by atoms with Gasteiger partial charge in [0.15, 0.2) is 5.13 Å². The first-order chi connectivity index (χ1) is 17.1. The third kappa shape index (κ3) is 5.38.